The van der Waals surface area contributed by atoms with Gasteiger partial charge in [0.25, 0.3) is 0 Å². The van der Waals surface area contributed by atoms with Crippen LogP contribution in [-0.2, 0) is 23.9 Å². The quantitative estimate of drug-likeness (QED) is 0.131. The number of likely N-dealkylation sites (N-methyl/N-ethyl adjacent to an activating group) is 2. The molecule has 5 atom stereocenters. The van der Waals surface area contributed by atoms with E-state index in [0.717, 1.165) is 34.6 Å². The van der Waals surface area contributed by atoms with Crippen molar-refractivity contribution in [3.05, 3.63) is 118 Å². The van der Waals surface area contributed by atoms with Crippen molar-refractivity contribution in [2.45, 2.75) is 108 Å². The molecule has 4 aliphatic rings. The van der Waals surface area contributed by atoms with Gasteiger partial charge >= 0.3 is 11.9 Å². The van der Waals surface area contributed by atoms with E-state index < -0.39 is 5.41 Å². The number of rotatable bonds is 15. The number of ketones is 1. The van der Waals surface area contributed by atoms with E-state index in [1.54, 1.807) is 7.05 Å². The summed E-state index contributed by atoms with van der Waals surface area (Å²) in [7, 11) is 3.68. The molecule has 0 bridgehead atoms. The maximum absolute atomic E-state index is 13.5. The van der Waals surface area contributed by atoms with Crippen LogP contribution in [0.1, 0.15) is 102 Å². The van der Waals surface area contributed by atoms with E-state index >= 15 is 0 Å². The highest BCUT2D eigenvalue weighted by Crippen LogP contribution is 2.61. The molecule has 4 rings (SSSR count). The molecule has 1 heterocycles. The third kappa shape index (κ3) is 10.8. The van der Waals surface area contributed by atoms with Crippen molar-refractivity contribution in [3.63, 3.8) is 0 Å². The van der Waals surface area contributed by atoms with Gasteiger partial charge in [-0.2, -0.15) is 0 Å². The van der Waals surface area contributed by atoms with E-state index in [2.05, 4.69) is 147 Å². The Bertz CT molecular complexity index is 1850. The lowest BCUT2D eigenvalue weighted by Gasteiger charge is -2.40. The Balaban J connectivity index is 1.26. The largest absolute Gasteiger partial charge is 0.460 e. The van der Waals surface area contributed by atoms with Gasteiger partial charge in [0.15, 0.2) is 5.78 Å². The lowest BCUT2D eigenvalue weighted by molar-refractivity contribution is -0.146. The van der Waals surface area contributed by atoms with Crippen LogP contribution in [0.4, 0.5) is 0 Å². The van der Waals surface area contributed by atoms with Crippen LogP contribution < -0.4 is 5.32 Å². The summed E-state index contributed by atoms with van der Waals surface area (Å²) in [6.45, 7) is 24.3. The number of ether oxygens (including phenoxy) is 2. The average Bonchev–Trinajstić information content (AvgIpc) is 3.77. The number of Topliss-reactive ketones (excluding diaryl/α,β-unsaturated/α-hetero) is 1. The van der Waals surface area contributed by atoms with Gasteiger partial charge < -0.3 is 19.7 Å². The van der Waals surface area contributed by atoms with Crippen LogP contribution >= 0.6 is 0 Å². The lowest BCUT2D eigenvalue weighted by Crippen LogP contribution is -2.38. The van der Waals surface area contributed by atoms with Crippen LogP contribution in [-0.4, -0.2) is 55.9 Å². The summed E-state index contributed by atoms with van der Waals surface area (Å²) >= 11 is 0. The Labute approximate surface area is 337 Å². The number of nitrogens with one attached hydrogen (secondary N) is 1. The molecule has 0 aromatic rings. The minimum absolute atomic E-state index is 0.116. The second-order valence-corrected chi connectivity index (χ2v) is 18.1. The molecule has 1 fully saturated rings. The van der Waals surface area contributed by atoms with Gasteiger partial charge in [-0.3, -0.25) is 9.59 Å². The molecule has 0 radical (unpaired) electrons. The van der Waals surface area contributed by atoms with Gasteiger partial charge in [-0.1, -0.05) is 133 Å². The van der Waals surface area contributed by atoms with Crippen LogP contribution in [0, 0.1) is 34.0 Å². The third-order valence-electron chi connectivity index (χ3n) is 12.0. The Kier molecular flexibility index (Phi) is 14.6. The standard InChI is InChI=1S/C49H68N2O5/c1-32(19-16-20-34(3)22-25-40-38(7)46(54)49(31-48(40,10)11)28-42(49)56-43(52)29-50-12)17-14-15-18-33(2)21-23-35(4)36(5)24-26-39-37(6)45-41(27-47(39,8)9)55-44(53)30-51(45)13/h14-16,18-26,32,35-36,42,50H,17,27-31H2,1-13H3/b15-14+,19-16+,23-21+,25-22+,26-24+,33-18+,34-20+. The van der Waals surface area contributed by atoms with Crippen molar-refractivity contribution in [3.8, 4) is 0 Å². The first-order chi connectivity index (χ1) is 26.2. The molecule has 5 unspecified atom stereocenters. The molecule has 0 saturated heterocycles. The van der Waals surface area contributed by atoms with Crippen LogP contribution in [0.5, 0.6) is 0 Å². The lowest BCUT2D eigenvalue weighted by atomic mass is 9.66. The summed E-state index contributed by atoms with van der Waals surface area (Å²) in [5.41, 5.74) is 6.82. The summed E-state index contributed by atoms with van der Waals surface area (Å²) in [5, 5.41) is 2.82. The van der Waals surface area contributed by atoms with Crippen molar-refractivity contribution in [2.24, 2.45) is 34.0 Å². The number of carbonyl (C=O) groups is 3. The number of nitrogens with zero attached hydrogens (tertiary/aromatic N) is 1. The zero-order valence-corrected chi connectivity index (χ0v) is 36.5. The second kappa shape index (κ2) is 18.4. The fourth-order valence-corrected chi connectivity index (χ4v) is 8.53. The first kappa shape index (κ1) is 44.5. The summed E-state index contributed by atoms with van der Waals surface area (Å²) in [6.07, 6.45) is 28.9. The molecule has 7 nitrogen and oxygen atoms in total. The zero-order chi connectivity index (χ0) is 41.6. The van der Waals surface area contributed by atoms with E-state index in [1.807, 2.05) is 18.9 Å². The van der Waals surface area contributed by atoms with E-state index in [1.165, 1.54) is 16.7 Å². The van der Waals surface area contributed by atoms with E-state index in [9.17, 15) is 14.4 Å². The van der Waals surface area contributed by atoms with Gasteiger partial charge in [0.05, 0.1) is 17.7 Å². The van der Waals surface area contributed by atoms with Crippen molar-refractivity contribution in [1.82, 2.24) is 10.2 Å². The molecule has 1 aliphatic heterocycles. The average molecular weight is 765 g/mol. The van der Waals surface area contributed by atoms with Gasteiger partial charge in [0.1, 0.15) is 18.4 Å². The predicted molar refractivity (Wildman–Crippen MR) is 229 cm³/mol. The third-order valence-corrected chi connectivity index (χ3v) is 12.0. The zero-order valence-electron chi connectivity index (χ0n) is 36.5. The molecule has 56 heavy (non-hydrogen) atoms. The molecule has 1 spiro atoms. The Morgan fingerprint density at radius 3 is 2.25 bits per heavy atom. The van der Waals surface area contributed by atoms with Crippen LogP contribution in [0.25, 0.3) is 0 Å². The number of allylic oxidation sites excluding steroid dienone is 19. The Morgan fingerprint density at radius 2 is 1.55 bits per heavy atom. The minimum atomic E-state index is -0.573. The number of carbonyl (C=O) groups excluding carboxylic acids is 3. The van der Waals surface area contributed by atoms with E-state index in [-0.39, 0.29) is 47.7 Å². The van der Waals surface area contributed by atoms with Crippen LogP contribution in [0.3, 0.4) is 0 Å². The maximum Gasteiger partial charge on any atom is 0.330 e. The number of hydrogen-bond acceptors (Lipinski definition) is 7. The van der Waals surface area contributed by atoms with Gasteiger partial charge in [-0.15, -0.1) is 0 Å². The van der Waals surface area contributed by atoms with Gasteiger partial charge in [-0.05, 0) is 98.5 Å². The Morgan fingerprint density at radius 1 is 0.911 bits per heavy atom. The normalized spacial score (nSPS) is 26.1. The molecular weight excluding hydrogens is 697 g/mol. The molecule has 1 saturated carbocycles. The molecule has 0 amide bonds. The second-order valence-electron chi connectivity index (χ2n) is 18.1. The summed E-state index contributed by atoms with van der Waals surface area (Å²) in [6, 6.07) is 0. The first-order valence-electron chi connectivity index (χ1n) is 20.4. The molecule has 1 N–H and O–H groups in total. The van der Waals surface area contributed by atoms with Crippen molar-refractivity contribution >= 4 is 17.7 Å². The van der Waals surface area contributed by atoms with Crippen LogP contribution in [0.2, 0.25) is 0 Å². The van der Waals surface area contributed by atoms with Crippen molar-refractivity contribution in [1.29, 1.82) is 0 Å². The molecular formula is C49H68N2O5. The highest BCUT2D eigenvalue weighted by molar-refractivity contribution is 6.04. The highest BCUT2D eigenvalue weighted by Gasteiger charge is 2.66. The molecule has 304 valence electrons. The fourth-order valence-electron chi connectivity index (χ4n) is 8.53. The van der Waals surface area contributed by atoms with Crippen molar-refractivity contribution in [2.75, 3.05) is 27.2 Å². The predicted octanol–water partition coefficient (Wildman–Crippen LogP) is 10.2. The summed E-state index contributed by atoms with van der Waals surface area (Å²) in [5.74, 6) is 1.55. The number of esters is 2. The van der Waals surface area contributed by atoms with Gasteiger partial charge in [0, 0.05) is 19.9 Å². The molecule has 0 aromatic heterocycles. The molecule has 3 aliphatic carbocycles. The first-order valence-corrected chi connectivity index (χ1v) is 20.4. The molecule has 7 heteroatoms. The van der Waals surface area contributed by atoms with Gasteiger partial charge in [-0.25, -0.2) is 4.79 Å². The van der Waals surface area contributed by atoms with Gasteiger partial charge in [0.2, 0.25) is 0 Å². The fraction of sp³-hybridized carbons (Fsp3) is 0.531. The SMILES string of the molecule is CNCC(=O)OC1CC12CC(C)(C)C(/C=C/C(C)=C/C=C/C(C)C/C=C/C=C(C)/C=C/C(C)C(C)/C=C/C1=C(C)C3=C(CC1(C)C)OC(=O)CN3C)=C(C)C2=O. The summed E-state index contributed by atoms with van der Waals surface area (Å²) in [4.78, 5) is 39.6. The van der Waals surface area contributed by atoms with E-state index in [4.69, 9.17) is 9.47 Å². The van der Waals surface area contributed by atoms with Crippen molar-refractivity contribution < 1.29 is 23.9 Å². The minimum Gasteiger partial charge on any atom is -0.460 e. The monoisotopic (exact) mass is 765 g/mol. The topological polar surface area (TPSA) is 84.9 Å². The van der Waals surface area contributed by atoms with Crippen LogP contribution in [0.15, 0.2) is 118 Å². The Hall–Kier alpha value is -4.23. The summed E-state index contributed by atoms with van der Waals surface area (Å²) < 4.78 is 11.3. The highest BCUT2D eigenvalue weighted by atomic mass is 16.6. The molecule has 0 aromatic carbocycles. The van der Waals surface area contributed by atoms with E-state index in [0.29, 0.717) is 37.0 Å². The smallest absolute Gasteiger partial charge is 0.330 e. The number of hydrogen-bond donors (Lipinski definition) is 1. The maximum atomic E-state index is 13.5.